The number of rotatable bonds is 3. The number of fused-ring (bicyclic) bond motifs is 1. The van der Waals surface area contributed by atoms with E-state index in [1.165, 1.54) is 0 Å². The van der Waals surface area contributed by atoms with E-state index in [4.69, 9.17) is 0 Å². The van der Waals surface area contributed by atoms with Crippen LogP contribution in [0.4, 0.5) is 11.4 Å². The van der Waals surface area contributed by atoms with Crippen LogP contribution in [0, 0.1) is 20.2 Å². The maximum Gasteiger partial charge on any atom is 0.289 e. The number of aromatic nitrogens is 3. The van der Waals surface area contributed by atoms with Crippen LogP contribution in [0.25, 0.3) is 11.0 Å². The van der Waals surface area contributed by atoms with Gasteiger partial charge in [0.05, 0.1) is 21.4 Å². The first-order valence-electron chi connectivity index (χ1n) is 6.27. The number of benzene rings is 2. The van der Waals surface area contributed by atoms with E-state index >= 15 is 0 Å². The Morgan fingerprint density at radius 1 is 1.04 bits per heavy atom. The summed E-state index contributed by atoms with van der Waals surface area (Å²) in [4.78, 5) is 32.7. The van der Waals surface area contributed by atoms with Crippen LogP contribution < -0.4 is 0 Å². The zero-order valence-corrected chi connectivity index (χ0v) is 11.3. The van der Waals surface area contributed by atoms with Gasteiger partial charge >= 0.3 is 0 Å². The molecule has 0 spiro atoms. The molecule has 10 heteroatoms. The molecular weight excluding hydrogens is 306 g/mol. The topological polar surface area (TPSA) is 134 Å². The van der Waals surface area contributed by atoms with E-state index in [1.54, 1.807) is 24.3 Å². The quantitative estimate of drug-likeness (QED) is 0.532. The van der Waals surface area contributed by atoms with Crippen molar-refractivity contribution < 1.29 is 14.6 Å². The largest absolute Gasteiger partial charge is 0.289 e. The Bertz CT molecular complexity index is 964. The fourth-order valence-electron chi connectivity index (χ4n) is 2.10. The standard InChI is InChI=1S/C13H7N5O5/c19-13(16-11-4-2-1-3-10(11)14-15-16)9-6-5-8(17(20)21)7-12(9)18(22)23/h1-7H. The third kappa shape index (κ3) is 2.37. The molecule has 0 radical (unpaired) electrons. The van der Waals surface area contributed by atoms with Crippen LogP contribution in [0.2, 0.25) is 0 Å². The third-order valence-electron chi connectivity index (χ3n) is 3.16. The van der Waals surface area contributed by atoms with Gasteiger partial charge in [0.1, 0.15) is 11.1 Å². The SMILES string of the molecule is O=C(c1ccc([N+](=O)[O-])cc1[N+](=O)[O-])n1nnc2ccccc21. The zero-order chi connectivity index (χ0) is 16.6. The van der Waals surface area contributed by atoms with Crippen LogP contribution in [0.3, 0.4) is 0 Å². The lowest BCUT2D eigenvalue weighted by Gasteiger charge is -2.03. The molecule has 0 amide bonds. The second kappa shape index (κ2) is 5.26. The number of para-hydroxylation sites is 1. The second-order valence-corrected chi connectivity index (χ2v) is 4.51. The first-order valence-corrected chi connectivity index (χ1v) is 6.27. The summed E-state index contributed by atoms with van der Waals surface area (Å²) in [6.07, 6.45) is 0. The summed E-state index contributed by atoms with van der Waals surface area (Å²) in [5, 5.41) is 29.3. The highest BCUT2D eigenvalue weighted by Gasteiger charge is 2.26. The van der Waals surface area contributed by atoms with E-state index in [0.717, 1.165) is 22.9 Å². The van der Waals surface area contributed by atoms with Crippen molar-refractivity contribution >= 4 is 28.3 Å². The van der Waals surface area contributed by atoms with Crippen molar-refractivity contribution in [1.82, 2.24) is 15.0 Å². The van der Waals surface area contributed by atoms with Crippen LogP contribution in [-0.2, 0) is 0 Å². The van der Waals surface area contributed by atoms with Gasteiger partial charge < -0.3 is 0 Å². The Morgan fingerprint density at radius 2 is 1.78 bits per heavy atom. The number of nitro benzene ring substituents is 2. The maximum atomic E-state index is 12.5. The summed E-state index contributed by atoms with van der Waals surface area (Å²) in [6.45, 7) is 0. The molecule has 0 fully saturated rings. The molecule has 0 aliphatic heterocycles. The van der Waals surface area contributed by atoms with Crippen LogP contribution in [0.15, 0.2) is 42.5 Å². The van der Waals surface area contributed by atoms with Gasteiger partial charge in [-0.25, -0.2) is 0 Å². The number of non-ortho nitro benzene ring substituents is 1. The molecule has 0 saturated carbocycles. The number of nitrogens with zero attached hydrogens (tertiary/aromatic N) is 5. The third-order valence-corrected chi connectivity index (χ3v) is 3.16. The average Bonchev–Trinajstić information content (AvgIpc) is 2.97. The molecular formula is C13H7N5O5. The summed E-state index contributed by atoms with van der Waals surface area (Å²) in [7, 11) is 0. The lowest BCUT2D eigenvalue weighted by molar-refractivity contribution is -0.394. The summed E-state index contributed by atoms with van der Waals surface area (Å²) < 4.78 is 0.920. The van der Waals surface area contributed by atoms with Crippen LogP contribution >= 0.6 is 0 Å². The molecule has 0 unspecified atom stereocenters. The van der Waals surface area contributed by atoms with Crippen LogP contribution in [0.5, 0.6) is 0 Å². The summed E-state index contributed by atoms with van der Waals surface area (Å²) in [6, 6.07) is 9.40. The molecule has 0 saturated heterocycles. The normalized spacial score (nSPS) is 10.6. The maximum absolute atomic E-state index is 12.5. The molecule has 0 aliphatic carbocycles. The van der Waals surface area contributed by atoms with Crippen molar-refractivity contribution in [3.8, 4) is 0 Å². The van der Waals surface area contributed by atoms with Gasteiger partial charge in [-0.2, -0.15) is 4.68 Å². The van der Waals surface area contributed by atoms with E-state index in [9.17, 15) is 25.0 Å². The van der Waals surface area contributed by atoms with Crippen LogP contribution in [-0.4, -0.2) is 30.7 Å². The number of carbonyl (C=O) groups excluding carboxylic acids is 1. The number of hydrogen-bond donors (Lipinski definition) is 0. The van der Waals surface area contributed by atoms with E-state index in [-0.39, 0.29) is 5.56 Å². The first kappa shape index (κ1) is 14.3. The average molecular weight is 313 g/mol. The van der Waals surface area contributed by atoms with Crippen molar-refractivity contribution in [3.63, 3.8) is 0 Å². The molecule has 2 aromatic carbocycles. The van der Waals surface area contributed by atoms with Gasteiger partial charge in [-0.05, 0) is 18.2 Å². The molecule has 10 nitrogen and oxygen atoms in total. The second-order valence-electron chi connectivity index (χ2n) is 4.51. The lowest BCUT2D eigenvalue weighted by atomic mass is 10.1. The summed E-state index contributed by atoms with van der Waals surface area (Å²) in [5.74, 6) is -0.791. The van der Waals surface area contributed by atoms with E-state index < -0.39 is 27.1 Å². The minimum absolute atomic E-state index is 0.309. The zero-order valence-electron chi connectivity index (χ0n) is 11.3. The molecule has 114 valence electrons. The fraction of sp³-hybridized carbons (Fsp3) is 0. The molecule has 1 aromatic heterocycles. The molecule has 23 heavy (non-hydrogen) atoms. The van der Waals surface area contributed by atoms with Crippen molar-refractivity contribution in [2.24, 2.45) is 0 Å². The Hall–Kier alpha value is -3.69. The van der Waals surface area contributed by atoms with Gasteiger partial charge in [0.25, 0.3) is 17.3 Å². The highest BCUT2D eigenvalue weighted by atomic mass is 16.6. The Labute approximate surface area is 127 Å². The highest BCUT2D eigenvalue weighted by Crippen LogP contribution is 2.26. The molecule has 3 aromatic rings. The van der Waals surface area contributed by atoms with Gasteiger partial charge in [0.2, 0.25) is 0 Å². The smallest absolute Gasteiger partial charge is 0.266 e. The number of hydrogen-bond acceptors (Lipinski definition) is 7. The fourth-order valence-corrected chi connectivity index (χ4v) is 2.10. The number of nitro groups is 2. The van der Waals surface area contributed by atoms with Crippen molar-refractivity contribution in [2.75, 3.05) is 0 Å². The van der Waals surface area contributed by atoms with Crippen LogP contribution in [0.1, 0.15) is 10.4 Å². The monoisotopic (exact) mass is 313 g/mol. The van der Waals surface area contributed by atoms with Gasteiger partial charge in [-0.1, -0.05) is 17.3 Å². The molecule has 0 N–H and O–H groups in total. The number of carbonyl (C=O) groups is 1. The summed E-state index contributed by atoms with van der Waals surface area (Å²) >= 11 is 0. The minimum atomic E-state index is -0.848. The van der Waals surface area contributed by atoms with Gasteiger partial charge in [-0.15, -0.1) is 5.10 Å². The highest BCUT2D eigenvalue weighted by molar-refractivity contribution is 6.03. The van der Waals surface area contributed by atoms with Crippen molar-refractivity contribution in [2.45, 2.75) is 0 Å². The predicted molar refractivity (Wildman–Crippen MR) is 77.0 cm³/mol. The summed E-state index contributed by atoms with van der Waals surface area (Å²) in [5.41, 5.74) is -0.618. The molecule has 3 rings (SSSR count). The predicted octanol–water partition coefficient (Wildman–Crippen LogP) is 1.94. The first-order chi connectivity index (χ1) is 11.0. The van der Waals surface area contributed by atoms with E-state index in [2.05, 4.69) is 10.3 Å². The Morgan fingerprint density at radius 3 is 2.48 bits per heavy atom. The van der Waals surface area contributed by atoms with Gasteiger partial charge in [0, 0.05) is 6.07 Å². The molecule has 1 heterocycles. The Balaban J connectivity index is 2.16. The van der Waals surface area contributed by atoms with Crippen molar-refractivity contribution in [1.29, 1.82) is 0 Å². The Kier molecular flexibility index (Phi) is 3.26. The lowest BCUT2D eigenvalue weighted by Crippen LogP contribution is -2.15. The van der Waals surface area contributed by atoms with Gasteiger partial charge in [0.15, 0.2) is 0 Å². The molecule has 0 atom stereocenters. The van der Waals surface area contributed by atoms with Crippen molar-refractivity contribution in [3.05, 3.63) is 68.3 Å². The molecule has 0 aliphatic rings. The minimum Gasteiger partial charge on any atom is -0.266 e. The van der Waals surface area contributed by atoms with E-state index in [1.807, 2.05) is 0 Å². The van der Waals surface area contributed by atoms with E-state index in [0.29, 0.717) is 11.0 Å². The molecule has 0 bridgehead atoms. The van der Waals surface area contributed by atoms with Gasteiger partial charge in [-0.3, -0.25) is 25.0 Å².